The summed E-state index contributed by atoms with van der Waals surface area (Å²) in [6.45, 7) is 12.7. The standard InChI is InChI=1S/C28H39N3O5/c1-8-28(6,7)31(25(34)19(2)30-26(35)36-27(3,4)5)23(21-15-12-16-22(32)17-21)24(33)29-18-20-13-10-9-11-14-20/h9-17,19,23,32H,8,18H2,1-7H3,(H,29,33)(H,30,35). The molecule has 2 atom stereocenters. The second-order valence-electron chi connectivity index (χ2n) is 10.4. The SMILES string of the molecule is CCC(C)(C)N(C(=O)C(C)NC(=O)OC(C)(C)C)C(C(=O)NCc1ccccc1)c1cccc(O)c1. The average Bonchev–Trinajstić information content (AvgIpc) is 2.79. The molecule has 0 aliphatic carbocycles. The van der Waals surface area contributed by atoms with Crippen LogP contribution in [0.1, 0.15) is 72.1 Å². The maximum absolute atomic E-state index is 13.8. The first-order chi connectivity index (χ1) is 16.7. The number of hydrogen-bond donors (Lipinski definition) is 3. The number of alkyl carbamates (subject to hydrolysis) is 1. The molecule has 2 aromatic rings. The number of hydrogen-bond acceptors (Lipinski definition) is 5. The Morgan fingerprint density at radius 3 is 2.19 bits per heavy atom. The third-order valence-corrected chi connectivity index (χ3v) is 5.86. The van der Waals surface area contributed by atoms with Crippen molar-refractivity contribution in [2.45, 2.75) is 84.7 Å². The molecule has 0 saturated heterocycles. The van der Waals surface area contributed by atoms with E-state index in [0.29, 0.717) is 12.0 Å². The van der Waals surface area contributed by atoms with E-state index in [1.807, 2.05) is 51.1 Å². The summed E-state index contributed by atoms with van der Waals surface area (Å²) in [7, 11) is 0. The lowest BCUT2D eigenvalue weighted by Crippen LogP contribution is -2.58. The molecule has 0 bridgehead atoms. The quantitative estimate of drug-likeness (QED) is 0.466. The molecule has 0 aromatic heterocycles. The number of benzene rings is 2. The van der Waals surface area contributed by atoms with Gasteiger partial charge in [0.15, 0.2) is 0 Å². The van der Waals surface area contributed by atoms with Gasteiger partial charge in [-0.15, -0.1) is 0 Å². The Kier molecular flexibility index (Phi) is 9.50. The van der Waals surface area contributed by atoms with Gasteiger partial charge in [-0.1, -0.05) is 49.4 Å². The lowest BCUT2D eigenvalue weighted by atomic mass is 9.92. The van der Waals surface area contributed by atoms with E-state index >= 15 is 0 Å². The van der Waals surface area contributed by atoms with Gasteiger partial charge in [-0.05, 0) is 71.2 Å². The van der Waals surface area contributed by atoms with Crippen LogP contribution in [0, 0.1) is 0 Å². The number of phenolic OH excluding ortho intramolecular Hbond substituents is 1. The molecule has 0 spiro atoms. The van der Waals surface area contributed by atoms with Crippen molar-refractivity contribution in [2.24, 2.45) is 0 Å². The van der Waals surface area contributed by atoms with Gasteiger partial charge in [0.25, 0.3) is 0 Å². The van der Waals surface area contributed by atoms with Crippen LogP contribution in [-0.4, -0.2) is 45.1 Å². The summed E-state index contributed by atoms with van der Waals surface area (Å²) < 4.78 is 5.31. The van der Waals surface area contributed by atoms with Gasteiger partial charge in [-0.3, -0.25) is 9.59 Å². The lowest BCUT2D eigenvalue weighted by molar-refractivity contribution is -0.149. The summed E-state index contributed by atoms with van der Waals surface area (Å²) in [5.41, 5.74) is -0.120. The van der Waals surface area contributed by atoms with Gasteiger partial charge in [0.2, 0.25) is 11.8 Å². The zero-order chi connectivity index (χ0) is 27.1. The number of carbonyl (C=O) groups is 3. The second kappa shape index (κ2) is 11.9. The van der Waals surface area contributed by atoms with E-state index < -0.39 is 41.1 Å². The zero-order valence-corrected chi connectivity index (χ0v) is 22.3. The molecule has 0 heterocycles. The molecule has 0 saturated carbocycles. The number of nitrogens with one attached hydrogen (secondary N) is 2. The number of carbonyl (C=O) groups excluding carboxylic acids is 3. The first-order valence-corrected chi connectivity index (χ1v) is 12.2. The summed E-state index contributed by atoms with van der Waals surface area (Å²) in [6, 6.07) is 13.8. The Morgan fingerprint density at radius 2 is 1.64 bits per heavy atom. The number of ether oxygens (including phenoxy) is 1. The fraction of sp³-hybridized carbons (Fsp3) is 0.464. The van der Waals surface area contributed by atoms with Crippen molar-refractivity contribution in [1.82, 2.24) is 15.5 Å². The highest BCUT2D eigenvalue weighted by Gasteiger charge is 2.42. The van der Waals surface area contributed by atoms with Crippen molar-refractivity contribution in [3.05, 3.63) is 65.7 Å². The van der Waals surface area contributed by atoms with Crippen LogP contribution in [0.5, 0.6) is 5.75 Å². The third-order valence-electron chi connectivity index (χ3n) is 5.86. The first-order valence-electron chi connectivity index (χ1n) is 12.2. The van der Waals surface area contributed by atoms with E-state index in [-0.39, 0.29) is 12.3 Å². The van der Waals surface area contributed by atoms with E-state index in [1.54, 1.807) is 39.8 Å². The Morgan fingerprint density at radius 1 is 1.00 bits per heavy atom. The Hall–Kier alpha value is -3.55. The Bertz CT molecular complexity index is 1050. The number of phenols is 1. The van der Waals surface area contributed by atoms with Gasteiger partial charge in [-0.25, -0.2) is 4.79 Å². The third kappa shape index (κ3) is 8.00. The summed E-state index contributed by atoms with van der Waals surface area (Å²) in [5, 5.41) is 15.7. The van der Waals surface area contributed by atoms with E-state index in [9.17, 15) is 19.5 Å². The highest BCUT2D eigenvalue weighted by atomic mass is 16.6. The van der Waals surface area contributed by atoms with Crippen molar-refractivity contribution >= 4 is 17.9 Å². The van der Waals surface area contributed by atoms with E-state index in [4.69, 9.17) is 4.74 Å². The van der Waals surface area contributed by atoms with Crippen LogP contribution in [0.2, 0.25) is 0 Å². The highest BCUT2D eigenvalue weighted by Crippen LogP contribution is 2.33. The van der Waals surface area contributed by atoms with Crippen LogP contribution < -0.4 is 10.6 Å². The normalized spacial score (nSPS) is 13.3. The molecule has 3 N–H and O–H groups in total. The van der Waals surface area contributed by atoms with Crippen LogP contribution in [0.3, 0.4) is 0 Å². The van der Waals surface area contributed by atoms with E-state index in [0.717, 1.165) is 5.56 Å². The molecule has 196 valence electrons. The Labute approximate surface area is 214 Å². The molecular weight excluding hydrogens is 458 g/mol. The fourth-order valence-electron chi connectivity index (χ4n) is 3.69. The molecule has 2 aromatic carbocycles. The number of amides is 3. The van der Waals surface area contributed by atoms with Gasteiger partial charge in [0.05, 0.1) is 0 Å². The number of nitrogens with zero attached hydrogens (tertiary/aromatic N) is 1. The monoisotopic (exact) mass is 497 g/mol. The Balaban J connectivity index is 2.45. The summed E-state index contributed by atoms with van der Waals surface area (Å²) in [4.78, 5) is 41.4. The van der Waals surface area contributed by atoms with Crippen molar-refractivity contribution in [1.29, 1.82) is 0 Å². The van der Waals surface area contributed by atoms with Crippen molar-refractivity contribution in [3.63, 3.8) is 0 Å². The van der Waals surface area contributed by atoms with Crippen molar-refractivity contribution in [2.75, 3.05) is 0 Å². The maximum Gasteiger partial charge on any atom is 0.408 e. The summed E-state index contributed by atoms with van der Waals surface area (Å²) in [6.07, 6.45) is -0.181. The maximum atomic E-state index is 13.8. The molecule has 2 rings (SSSR count). The van der Waals surface area contributed by atoms with Gasteiger partial charge in [-0.2, -0.15) is 0 Å². The molecule has 8 heteroatoms. The average molecular weight is 498 g/mol. The van der Waals surface area contributed by atoms with Crippen molar-refractivity contribution < 1.29 is 24.2 Å². The lowest BCUT2D eigenvalue weighted by Gasteiger charge is -2.44. The van der Waals surface area contributed by atoms with Gasteiger partial charge in [0, 0.05) is 12.1 Å². The topological polar surface area (TPSA) is 108 Å². The number of aromatic hydroxyl groups is 1. The predicted molar refractivity (Wildman–Crippen MR) is 139 cm³/mol. The van der Waals surface area contributed by atoms with E-state index in [1.165, 1.54) is 17.0 Å². The second-order valence-corrected chi connectivity index (χ2v) is 10.4. The molecule has 3 amide bonds. The van der Waals surface area contributed by atoms with Crippen LogP contribution in [0.4, 0.5) is 4.79 Å². The number of rotatable bonds is 9. The molecule has 0 fully saturated rings. The van der Waals surface area contributed by atoms with Gasteiger partial charge < -0.3 is 25.4 Å². The molecule has 8 nitrogen and oxygen atoms in total. The predicted octanol–water partition coefficient (Wildman–Crippen LogP) is 4.68. The molecule has 2 unspecified atom stereocenters. The first kappa shape index (κ1) is 28.7. The minimum absolute atomic E-state index is 0.0185. The summed E-state index contributed by atoms with van der Waals surface area (Å²) in [5.74, 6) is -0.866. The molecule has 0 radical (unpaired) electrons. The largest absolute Gasteiger partial charge is 0.508 e. The minimum atomic E-state index is -1.05. The summed E-state index contributed by atoms with van der Waals surface area (Å²) >= 11 is 0. The van der Waals surface area contributed by atoms with Gasteiger partial charge >= 0.3 is 6.09 Å². The molecular formula is C28H39N3O5. The minimum Gasteiger partial charge on any atom is -0.508 e. The smallest absolute Gasteiger partial charge is 0.408 e. The zero-order valence-electron chi connectivity index (χ0n) is 22.3. The van der Waals surface area contributed by atoms with Crippen LogP contribution in [-0.2, 0) is 20.9 Å². The van der Waals surface area contributed by atoms with Crippen LogP contribution in [0.15, 0.2) is 54.6 Å². The molecule has 0 aliphatic heterocycles. The van der Waals surface area contributed by atoms with Gasteiger partial charge in [0.1, 0.15) is 23.4 Å². The van der Waals surface area contributed by atoms with Crippen LogP contribution >= 0.6 is 0 Å². The highest BCUT2D eigenvalue weighted by molar-refractivity contribution is 5.92. The molecule has 0 aliphatic rings. The van der Waals surface area contributed by atoms with Crippen LogP contribution in [0.25, 0.3) is 0 Å². The molecule has 36 heavy (non-hydrogen) atoms. The van der Waals surface area contributed by atoms with E-state index in [2.05, 4.69) is 10.6 Å². The van der Waals surface area contributed by atoms with Crippen molar-refractivity contribution in [3.8, 4) is 5.75 Å². The fourth-order valence-corrected chi connectivity index (χ4v) is 3.69.